The first-order valence-electron chi connectivity index (χ1n) is 8.78. The molecule has 1 amide bonds. The molecule has 25 heavy (non-hydrogen) atoms. The van der Waals surface area contributed by atoms with Crippen molar-refractivity contribution < 1.29 is 19.4 Å². The van der Waals surface area contributed by atoms with Gasteiger partial charge in [-0.05, 0) is 37.0 Å². The van der Waals surface area contributed by atoms with Crippen LogP contribution in [-0.2, 0) is 11.2 Å². The van der Waals surface area contributed by atoms with Crippen molar-refractivity contribution in [3.63, 3.8) is 0 Å². The number of aliphatic hydroxyl groups excluding tert-OH is 1. The van der Waals surface area contributed by atoms with Crippen LogP contribution in [0.25, 0.3) is 0 Å². The van der Waals surface area contributed by atoms with E-state index in [1.54, 1.807) is 11.2 Å². The minimum atomic E-state index is -1.04. The van der Waals surface area contributed by atoms with Gasteiger partial charge in [0, 0.05) is 25.4 Å². The number of hydrogen-bond donors (Lipinski definition) is 2. The number of carbonyl (C=O) groups is 1. The molecule has 1 aromatic heterocycles. The van der Waals surface area contributed by atoms with Crippen LogP contribution in [0.5, 0.6) is 0 Å². The first-order chi connectivity index (χ1) is 12.1. The highest BCUT2D eigenvalue weighted by atomic mass is 16.3. The van der Waals surface area contributed by atoms with Crippen LogP contribution in [-0.4, -0.2) is 46.3 Å². The Kier molecular flexibility index (Phi) is 5.56. The van der Waals surface area contributed by atoms with Gasteiger partial charge in [0.2, 0.25) is 5.91 Å². The Morgan fingerprint density at radius 2 is 1.88 bits per heavy atom. The van der Waals surface area contributed by atoms with E-state index >= 15 is 0 Å². The maximum atomic E-state index is 12.7. The largest absolute Gasteiger partial charge is 0.469 e. The van der Waals surface area contributed by atoms with Crippen LogP contribution < -0.4 is 0 Å². The second-order valence-electron chi connectivity index (χ2n) is 6.87. The van der Waals surface area contributed by atoms with Crippen molar-refractivity contribution in [2.24, 2.45) is 0 Å². The number of furan rings is 1. The van der Waals surface area contributed by atoms with Crippen LogP contribution in [0.1, 0.15) is 36.5 Å². The predicted molar refractivity (Wildman–Crippen MR) is 94.1 cm³/mol. The van der Waals surface area contributed by atoms with Crippen LogP contribution >= 0.6 is 0 Å². The summed E-state index contributed by atoms with van der Waals surface area (Å²) in [5.74, 6) is 0.877. The summed E-state index contributed by atoms with van der Waals surface area (Å²) in [4.78, 5) is 14.5. The lowest BCUT2D eigenvalue weighted by atomic mass is 9.90. The standard InChI is InChI=1S/C20H25NO4/c22-15-20(24)8-10-21(11-9-20)19(23)14-17(18-7-4-12-25-18)13-16-5-2-1-3-6-16/h1-7,12,17,22,24H,8-11,13-15H2/t17-/m1/s1. The zero-order valence-corrected chi connectivity index (χ0v) is 14.3. The fraction of sp³-hybridized carbons (Fsp3) is 0.450. The van der Waals surface area contributed by atoms with E-state index in [4.69, 9.17) is 4.42 Å². The highest BCUT2D eigenvalue weighted by molar-refractivity contribution is 5.77. The molecule has 0 radical (unpaired) electrons. The van der Waals surface area contributed by atoms with E-state index in [0.717, 1.165) is 12.2 Å². The van der Waals surface area contributed by atoms with E-state index in [1.165, 1.54) is 5.56 Å². The number of amides is 1. The zero-order valence-electron chi connectivity index (χ0n) is 14.3. The summed E-state index contributed by atoms with van der Waals surface area (Å²) in [5.41, 5.74) is 0.131. The lowest BCUT2D eigenvalue weighted by molar-refractivity contribution is -0.137. The van der Waals surface area contributed by atoms with Crippen molar-refractivity contribution >= 4 is 5.91 Å². The molecule has 0 spiro atoms. The van der Waals surface area contributed by atoms with Gasteiger partial charge in [-0.25, -0.2) is 0 Å². The van der Waals surface area contributed by atoms with Crippen LogP contribution in [0.15, 0.2) is 53.1 Å². The van der Waals surface area contributed by atoms with Crippen molar-refractivity contribution in [1.82, 2.24) is 4.90 Å². The molecule has 134 valence electrons. The average molecular weight is 343 g/mol. The number of piperidine rings is 1. The highest BCUT2D eigenvalue weighted by Crippen LogP contribution is 2.28. The van der Waals surface area contributed by atoms with Crippen molar-refractivity contribution in [1.29, 1.82) is 0 Å². The van der Waals surface area contributed by atoms with Gasteiger partial charge in [0.15, 0.2) is 0 Å². The maximum absolute atomic E-state index is 12.7. The zero-order chi connectivity index (χ0) is 17.7. The number of benzene rings is 1. The Morgan fingerprint density at radius 1 is 1.16 bits per heavy atom. The summed E-state index contributed by atoms with van der Waals surface area (Å²) < 4.78 is 5.56. The number of likely N-dealkylation sites (tertiary alicyclic amines) is 1. The molecule has 5 heteroatoms. The summed E-state index contributed by atoms with van der Waals surface area (Å²) in [5, 5.41) is 19.3. The van der Waals surface area contributed by atoms with Gasteiger partial charge in [-0.15, -0.1) is 0 Å². The van der Waals surface area contributed by atoms with Crippen LogP contribution in [0.3, 0.4) is 0 Å². The molecule has 2 aromatic rings. The minimum absolute atomic E-state index is 0.0106. The number of rotatable bonds is 6. The van der Waals surface area contributed by atoms with E-state index < -0.39 is 5.60 Å². The molecular weight excluding hydrogens is 318 g/mol. The molecule has 1 fully saturated rings. The number of hydrogen-bond acceptors (Lipinski definition) is 4. The average Bonchev–Trinajstić information content (AvgIpc) is 3.17. The first-order valence-corrected chi connectivity index (χ1v) is 8.78. The molecule has 0 bridgehead atoms. The van der Waals surface area contributed by atoms with Crippen LogP contribution in [0.4, 0.5) is 0 Å². The molecule has 0 unspecified atom stereocenters. The minimum Gasteiger partial charge on any atom is -0.469 e. The first kappa shape index (κ1) is 17.7. The second kappa shape index (κ2) is 7.85. The molecule has 2 N–H and O–H groups in total. The molecular formula is C20H25NO4. The monoisotopic (exact) mass is 343 g/mol. The van der Waals surface area contributed by atoms with Crippen LogP contribution in [0.2, 0.25) is 0 Å². The van der Waals surface area contributed by atoms with Gasteiger partial charge in [-0.3, -0.25) is 4.79 Å². The van der Waals surface area contributed by atoms with Gasteiger partial charge >= 0.3 is 0 Å². The quantitative estimate of drug-likeness (QED) is 0.844. The SMILES string of the molecule is O=C(C[C@@H](Cc1ccccc1)c1ccco1)N1CCC(O)(CO)CC1. The Hall–Kier alpha value is -2.11. The molecule has 0 saturated carbocycles. The molecule has 3 rings (SSSR count). The summed E-state index contributed by atoms with van der Waals surface area (Å²) in [7, 11) is 0. The normalized spacial score (nSPS) is 18.1. The Bertz CT molecular complexity index is 660. The molecule has 5 nitrogen and oxygen atoms in total. The molecule has 1 aliphatic rings. The third kappa shape index (κ3) is 4.50. The molecule has 1 aromatic carbocycles. The molecule has 1 saturated heterocycles. The van der Waals surface area contributed by atoms with E-state index in [0.29, 0.717) is 32.4 Å². The molecule has 0 aliphatic carbocycles. The van der Waals surface area contributed by atoms with Gasteiger partial charge < -0.3 is 19.5 Å². The molecule has 1 atom stereocenters. The smallest absolute Gasteiger partial charge is 0.223 e. The van der Waals surface area contributed by atoms with Gasteiger partial charge in [0.25, 0.3) is 0 Å². The summed E-state index contributed by atoms with van der Waals surface area (Å²) in [6.45, 7) is 0.705. The van der Waals surface area contributed by atoms with Crippen molar-refractivity contribution in [2.45, 2.75) is 37.2 Å². The van der Waals surface area contributed by atoms with Gasteiger partial charge in [-0.2, -0.15) is 0 Å². The number of aliphatic hydroxyl groups is 2. The van der Waals surface area contributed by atoms with Crippen molar-refractivity contribution in [2.75, 3.05) is 19.7 Å². The highest BCUT2D eigenvalue weighted by Gasteiger charge is 2.34. The topological polar surface area (TPSA) is 73.9 Å². The summed E-state index contributed by atoms with van der Waals surface area (Å²) in [6.07, 6.45) is 3.59. The third-order valence-electron chi connectivity index (χ3n) is 5.03. The molecule has 2 heterocycles. The second-order valence-corrected chi connectivity index (χ2v) is 6.87. The fourth-order valence-corrected chi connectivity index (χ4v) is 3.37. The fourth-order valence-electron chi connectivity index (χ4n) is 3.37. The predicted octanol–water partition coefficient (Wildman–Crippen LogP) is 2.34. The summed E-state index contributed by atoms with van der Waals surface area (Å²) in [6, 6.07) is 13.9. The molecule has 1 aliphatic heterocycles. The summed E-state index contributed by atoms with van der Waals surface area (Å²) >= 11 is 0. The number of nitrogens with zero attached hydrogens (tertiary/aromatic N) is 1. The van der Waals surface area contributed by atoms with E-state index in [2.05, 4.69) is 12.1 Å². The Balaban J connectivity index is 1.65. The lowest BCUT2D eigenvalue weighted by Gasteiger charge is -2.37. The Labute approximate surface area is 147 Å². The van der Waals surface area contributed by atoms with Crippen molar-refractivity contribution in [3.05, 3.63) is 60.1 Å². The van der Waals surface area contributed by atoms with E-state index in [1.807, 2.05) is 30.3 Å². The van der Waals surface area contributed by atoms with Gasteiger partial charge in [-0.1, -0.05) is 30.3 Å². The van der Waals surface area contributed by atoms with Gasteiger partial charge in [0.05, 0.1) is 18.5 Å². The maximum Gasteiger partial charge on any atom is 0.223 e. The Morgan fingerprint density at radius 3 is 2.48 bits per heavy atom. The van der Waals surface area contributed by atoms with Crippen LogP contribution in [0, 0.1) is 0 Å². The van der Waals surface area contributed by atoms with Crippen molar-refractivity contribution in [3.8, 4) is 0 Å². The van der Waals surface area contributed by atoms with Gasteiger partial charge in [0.1, 0.15) is 5.76 Å². The van der Waals surface area contributed by atoms with E-state index in [9.17, 15) is 15.0 Å². The number of carbonyl (C=O) groups excluding carboxylic acids is 1. The third-order valence-corrected chi connectivity index (χ3v) is 5.03. The lowest BCUT2D eigenvalue weighted by Crippen LogP contribution is -2.48. The van der Waals surface area contributed by atoms with E-state index in [-0.39, 0.29) is 18.4 Å².